The highest BCUT2D eigenvalue weighted by atomic mass is 32.1. The molecule has 2 heterocycles. The van der Waals surface area contributed by atoms with Crippen LogP contribution in [0.15, 0.2) is 0 Å². The highest BCUT2D eigenvalue weighted by Crippen LogP contribution is 2.43. The average molecular weight is 313 g/mol. The lowest BCUT2D eigenvalue weighted by Crippen LogP contribution is -2.17. The van der Waals surface area contributed by atoms with Crippen molar-refractivity contribution in [1.29, 1.82) is 0 Å². The van der Waals surface area contributed by atoms with Gasteiger partial charge in [-0.15, -0.1) is 11.3 Å². The Bertz CT molecular complexity index is 496. The van der Waals surface area contributed by atoms with E-state index >= 15 is 0 Å². The van der Waals surface area contributed by atoms with E-state index in [1.165, 1.54) is 11.3 Å². The summed E-state index contributed by atoms with van der Waals surface area (Å²) in [6, 6.07) is 0. The molecule has 21 heavy (non-hydrogen) atoms. The summed E-state index contributed by atoms with van der Waals surface area (Å²) >= 11 is 1.33. The molecule has 1 aliphatic heterocycles. The fourth-order valence-corrected chi connectivity index (χ4v) is 3.17. The van der Waals surface area contributed by atoms with Crippen LogP contribution >= 0.6 is 11.3 Å². The Hall–Kier alpha value is -1.47. The zero-order valence-corrected chi connectivity index (χ0v) is 13.5. The Balaban J connectivity index is 2.17. The van der Waals surface area contributed by atoms with Gasteiger partial charge >= 0.3 is 0 Å². The lowest BCUT2D eigenvalue weighted by atomic mass is 10.1. The van der Waals surface area contributed by atoms with Gasteiger partial charge in [-0.1, -0.05) is 0 Å². The second kappa shape index (κ2) is 7.00. The lowest BCUT2D eigenvalue weighted by molar-refractivity contribution is 0.0967. The third-order valence-electron chi connectivity index (χ3n) is 3.26. The molecule has 1 fully saturated rings. The van der Waals surface area contributed by atoms with Crippen LogP contribution in [0.2, 0.25) is 0 Å². The summed E-state index contributed by atoms with van der Waals surface area (Å²) in [5.74, 6) is 0.875. The molecule has 1 amide bonds. The molecule has 1 aromatic heterocycles. The summed E-state index contributed by atoms with van der Waals surface area (Å²) in [6.45, 7) is 6.26. The number of ether oxygens (including phenoxy) is 2. The molecular formula is C14H23N3O3S. The normalized spacial score (nSPS) is 18.0. The number of carbonyl (C=O) groups excluding carboxylic acids is 1. The first-order valence-corrected chi connectivity index (χ1v) is 7.97. The van der Waals surface area contributed by atoms with Gasteiger partial charge in [0.25, 0.3) is 5.91 Å². The van der Waals surface area contributed by atoms with E-state index in [-0.39, 0.29) is 12.0 Å². The van der Waals surface area contributed by atoms with Gasteiger partial charge in [-0.25, -0.2) is 0 Å². The number of nitrogen functional groups attached to an aromatic ring is 1. The minimum absolute atomic E-state index is 0.00481. The number of amides is 1. The van der Waals surface area contributed by atoms with E-state index in [9.17, 15) is 4.79 Å². The first kappa shape index (κ1) is 15.9. The third kappa shape index (κ3) is 3.79. The molecular weight excluding hydrogens is 290 g/mol. The highest BCUT2D eigenvalue weighted by molar-refractivity contribution is 7.19. The molecule has 4 N–H and O–H groups in total. The van der Waals surface area contributed by atoms with Crippen molar-refractivity contribution in [2.45, 2.75) is 26.4 Å². The van der Waals surface area contributed by atoms with E-state index in [1.807, 2.05) is 13.8 Å². The number of anilines is 2. The maximum Gasteiger partial charge on any atom is 0.263 e. The van der Waals surface area contributed by atoms with Crippen LogP contribution in [0, 0.1) is 5.92 Å². The van der Waals surface area contributed by atoms with Crippen molar-refractivity contribution in [1.82, 2.24) is 5.32 Å². The molecule has 2 rings (SSSR count). The van der Waals surface area contributed by atoms with Crippen molar-refractivity contribution in [3.8, 4) is 5.75 Å². The largest absolute Gasteiger partial charge is 0.486 e. The van der Waals surface area contributed by atoms with Gasteiger partial charge in [0.1, 0.15) is 15.6 Å². The molecule has 6 nitrogen and oxygen atoms in total. The maximum absolute atomic E-state index is 11.9. The maximum atomic E-state index is 11.9. The zero-order valence-electron chi connectivity index (χ0n) is 12.7. The number of hydrogen-bond acceptors (Lipinski definition) is 6. The zero-order chi connectivity index (χ0) is 15.4. The second-order valence-corrected chi connectivity index (χ2v) is 6.38. The topological polar surface area (TPSA) is 85.6 Å². The van der Waals surface area contributed by atoms with Crippen LogP contribution in [-0.4, -0.2) is 38.8 Å². The molecule has 1 unspecified atom stereocenters. The Morgan fingerprint density at radius 3 is 2.90 bits per heavy atom. The van der Waals surface area contributed by atoms with Crippen molar-refractivity contribution >= 4 is 27.9 Å². The van der Waals surface area contributed by atoms with E-state index in [1.54, 1.807) is 7.05 Å². The van der Waals surface area contributed by atoms with Gasteiger partial charge in [0.2, 0.25) is 0 Å². The number of nitrogens with two attached hydrogens (primary N) is 1. The van der Waals surface area contributed by atoms with Crippen molar-refractivity contribution in [3.05, 3.63) is 4.88 Å². The van der Waals surface area contributed by atoms with E-state index < -0.39 is 0 Å². The van der Waals surface area contributed by atoms with Crippen LogP contribution in [0.1, 0.15) is 29.9 Å². The summed E-state index contributed by atoms with van der Waals surface area (Å²) in [5, 5.41) is 6.77. The molecule has 0 radical (unpaired) electrons. The summed E-state index contributed by atoms with van der Waals surface area (Å²) in [4.78, 5) is 12.3. The Labute approximate surface area is 129 Å². The Kier molecular flexibility index (Phi) is 5.30. The van der Waals surface area contributed by atoms with Gasteiger partial charge in [-0.05, 0) is 20.3 Å². The summed E-state index contributed by atoms with van der Waals surface area (Å²) < 4.78 is 11.1. The van der Waals surface area contributed by atoms with Gasteiger partial charge in [0, 0.05) is 26.1 Å². The SMILES string of the molecule is CNC(=O)c1sc(NCC2CCOC2)c(OC(C)C)c1N. The predicted molar refractivity (Wildman–Crippen MR) is 85.3 cm³/mol. The number of hydrogen-bond donors (Lipinski definition) is 3. The average Bonchev–Trinajstić information content (AvgIpc) is 3.06. The first-order chi connectivity index (χ1) is 10.0. The minimum Gasteiger partial charge on any atom is -0.486 e. The first-order valence-electron chi connectivity index (χ1n) is 7.15. The van der Waals surface area contributed by atoms with Gasteiger partial charge in [-0.2, -0.15) is 0 Å². The molecule has 1 atom stereocenters. The molecule has 0 spiro atoms. The van der Waals surface area contributed by atoms with Gasteiger partial charge in [0.15, 0.2) is 5.75 Å². The smallest absolute Gasteiger partial charge is 0.263 e. The molecule has 0 bridgehead atoms. The monoisotopic (exact) mass is 313 g/mol. The predicted octanol–water partition coefficient (Wildman–Crippen LogP) is 1.93. The standard InChI is InChI=1S/C14H23N3O3S/c1-8(2)20-11-10(15)12(13(18)16-3)21-14(11)17-6-9-4-5-19-7-9/h8-9,17H,4-7,15H2,1-3H3,(H,16,18). The van der Waals surface area contributed by atoms with Crippen molar-refractivity contribution < 1.29 is 14.3 Å². The van der Waals surface area contributed by atoms with Crippen LogP contribution in [0.25, 0.3) is 0 Å². The van der Waals surface area contributed by atoms with Crippen LogP contribution in [0.3, 0.4) is 0 Å². The summed E-state index contributed by atoms with van der Waals surface area (Å²) in [6.07, 6.45) is 1.05. The van der Waals surface area contributed by atoms with Gasteiger partial charge in [0.05, 0.1) is 12.7 Å². The van der Waals surface area contributed by atoms with Crippen molar-refractivity contribution in [2.75, 3.05) is 37.9 Å². The lowest BCUT2D eigenvalue weighted by Gasteiger charge is -2.14. The van der Waals surface area contributed by atoms with Gasteiger partial charge < -0.3 is 25.8 Å². The highest BCUT2D eigenvalue weighted by Gasteiger charge is 2.23. The number of thiophene rings is 1. The van der Waals surface area contributed by atoms with Crippen LogP contribution < -0.4 is 21.1 Å². The Morgan fingerprint density at radius 1 is 1.57 bits per heavy atom. The summed E-state index contributed by atoms with van der Waals surface area (Å²) in [7, 11) is 1.59. The molecule has 1 aromatic rings. The fourth-order valence-electron chi connectivity index (χ4n) is 2.16. The van der Waals surface area contributed by atoms with E-state index in [4.69, 9.17) is 15.2 Å². The van der Waals surface area contributed by atoms with Crippen LogP contribution in [-0.2, 0) is 4.74 Å². The van der Waals surface area contributed by atoms with E-state index in [0.717, 1.165) is 31.2 Å². The molecule has 0 aromatic carbocycles. The summed E-state index contributed by atoms with van der Waals surface area (Å²) in [5.41, 5.74) is 6.47. The molecule has 1 aliphatic rings. The van der Waals surface area contributed by atoms with Gasteiger partial charge in [-0.3, -0.25) is 4.79 Å². The van der Waals surface area contributed by atoms with Crippen LogP contribution in [0.5, 0.6) is 5.75 Å². The molecule has 0 saturated carbocycles. The Morgan fingerprint density at radius 2 is 2.33 bits per heavy atom. The van der Waals surface area contributed by atoms with E-state index in [0.29, 0.717) is 22.2 Å². The van der Waals surface area contributed by atoms with Crippen molar-refractivity contribution in [3.63, 3.8) is 0 Å². The quantitative estimate of drug-likeness (QED) is 0.747. The molecule has 0 aliphatic carbocycles. The van der Waals surface area contributed by atoms with E-state index in [2.05, 4.69) is 10.6 Å². The molecule has 1 saturated heterocycles. The van der Waals surface area contributed by atoms with Crippen LogP contribution in [0.4, 0.5) is 10.7 Å². The van der Waals surface area contributed by atoms with Crippen molar-refractivity contribution in [2.24, 2.45) is 5.92 Å². The molecule has 7 heteroatoms. The fraction of sp³-hybridized carbons (Fsp3) is 0.643. The minimum atomic E-state index is -0.191. The number of nitrogens with one attached hydrogen (secondary N) is 2. The third-order valence-corrected chi connectivity index (χ3v) is 4.41. The molecule has 118 valence electrons. The number of carbonyl (C=O) groups is 1. The second-order valence-electron chi connectivity index (χ2n) is 5.36. The number of rotatable bonds is 6.